The fraction of sp³-hybridized carbons (Fsp3) is 0.562. The van der Waals surface area contributed by atoms with Gasteiger partial charge in [-0.2, -0.15) is 0 Å². The number of hydrogen-bond donors (Lipinski definition) is 1. The summed E-state index contributed by atoms with van der Waals surface area (Å²) in [4.78, 5) is 11.9. The monoisotopic (exact) mass is 278 g/mol. The van der Waals surface area contributed by atoms with E-state index < -0.39 is 6.10 Å². The Kier molecular flexibility index (Phi) is 5.56. The van der Waals surface area contributed by atoms with Crippen LogP contribution < -0.4 is 4.74 Å². The summed E-state index contributed by atoms with van der Waals surface area (Å²) in [5.41, 5.74) is 1.12. The van der Waals surface area contributed by atoms with E-state index in [9.17, 15) is 9.90 Å². The van der Waals surface area contributed by atoms with Gasteiger partial charge in [0.15, 0.2) is 0 Å². The number of benzene rings is 1. The van der Waals surface area contributed by atoms with Crippen molar-refractivity contribution in [3.05, 3.63) is 29.8 Å². The SMILES string of the molecule is COc1ccc(CCC(=O)C[C@H]2OCCC[C@H]2O)cc1. The van der Waals surface area contributed by atoms with Crippen molar-refractivity contribution in [3.8, 4) is 5.75 Å². The van der Waals surface area contributed by atoms with Crippen molar-refractivity contribution >= 4 is 5.78 Å². The van der Waals surface area contributed by atoms with Gasteiger partial charge >= 0.3 is 0 Å². The van der Waals surface area contributed by atoms with E-state index in [2.05, 4.69) is 0 Å². The molecular weight excluding hydrogens is 256 g/mol. The quantitative estimate of drug-likeness (QED) is 0.866. The van der Waals surface area contributed by atoms with Crippen LogP contribution in [0, 0.1) is 0 Å². The molecule has 1 fully saturated rings. The van der Waals surface area contributed by atoms with E-state index in [1.807, 2.05) is 24.3 Å². The van der Waals surface area contributed by atoms with E-state index in [1.165, 1.54) is 0 Å². The first-order valence-corrected chi connectivity index (χ1v) is 7.13. The van der Waals surface area contributed by atoms with Crippen molar-refractivity contribution in [1.82, 2.24) is 0 Å². The smallest absolute Gasteiger partial charge is 0.135 e. The van der Waals surface area contributed by atoms with Gasteiger partial charge in [0.1, 0.15) is 11.5 Å². The Bertz CT molecular complexity index is 427. The molecule has 4 heteroatoms. The molecule has 20 heavy (non-hydrogen) atoms. The van der Waals surface area contributed by atoms with Crippen LogP contribution in [0.15, 0.2) is 24.3 Å². The van der Waals surface area contributed by atoms with E-state index in [4.69, 9.17) is 9.47 Å². The predicted octanol–water partition coefficient (Wildman–Crippen LogP) is 2.13. The summed E-state index contributed by atoms with van der Waals surface area (Å²) >= 11 is 0. The van der Waals surface area contributed by atoms with Crippen molar-refractivity contribution in [2.45, 2.75) is 44.3 Å². The maximum atomic E-state index is 11.9. The van der Waals surface area contributed by atoms with E-state index in [0.717, 1.165) is 24.2 Å². The summed E-state index contributed by atoms with van der Waals surface area (Å²) in [6.45, 7) is 0.646. The highest BCUT2D eigenvalue weighted by Gasteiger charge is 2.25. The summed E-state index contributed by atoms with van der Waals surface area (Å²) in [6.07, 6.45) is 2.32. The Hall–Kier alpha value is -1.39. The Morgan fingerprint density at radius 3 is 2.80 bits per heavy atom. The lowest BCUT2D eigenvalue weighted by Gasteiger charge is -2.27. The van der Waals surface area contributed by atoms with Gasteiger partial charge in [0.25, 0.3) is 0 Å². The number of ketones is 1. The third kappa shape index (κ3) is 4.32. The summed E-state index contributed by atoms with van der Waals surface area (Å²) in [5.74, 6) is 0.963. The second kappa shape index (κ2) is 7.41. The minimum Gasteiger partial charge on any atom is -0.497 e. The van der Waals surface area contributed by atoms with Crippen LogP contribution >= 0.6 is 0 Å². The highest BCUT2D eigenvalue weighted by atomic mass is 16.5. The van der Waals surface area contributed by atoms with E-state index in [1.54, 1.807) is 7.11 Å². The number of aliphatic hydroxyl groups excluding tert-OH is 1. The van der Waals surface area contributed by atoms with Crippen LogP contribution in [-0.4, -0.2) is 36.8 Å². The lowest BCUT2D eigenvalue weighted by Crippen LogP contribution is -2.35. The molecule has 1 saturated heterocycles. The number of hydrogen-bond acceptors (Lipinski definition) is 4. The van der Waals surface area contributed by atoms with Crippen molar-refractivity contribution in [3.63, 3.8) is 0 Å². The van der Waals surface area contributed by atoms with Gasteiger partial charge in [0.2, 0.25) is 0 Å². The molecule has 0 saturated carbocycles. The van der Waals surface area contributed by atoms with E-state index >= 15 is 0 Å². The predicted molar refractivity (Wildman–Crippen MR) is 75.9 cm³/mol. The Morgan fingerprint density at radius 1 is 1.40 bits per heavy atom. The topological polar surface area (TPSA) is 55.8 Å². The van der Waals surface area contributed by atoms with Crippen LogP contribution in [0.4, 0.5) is 0 Å². The second-order valence-corrected chi connectivity index (χ2v) is 5.21. The van der Waals surface area contributed by atoms with Gasteiger partial charge in [-0.15, -0.1) is 0 Å². The number of methoxy groups -OCH3 is 1. The Labute approximate surface area is 119 Å². The van der Waals surface area contributed by atoms with Crippen molar-refractivity contribution < 1.29 is 19.4 Å². The average molecular weight is 278 g/mol. The molecule has 1 heterocycles. The Morgan fingerprint density at radius 2 is 2.15 bits per heavy atom. The van der Waals surface area contributed by atoms with Crippen LogP contribution in [0.3, 0.4) is 0 Å². The molecule has 0 radical (unpaired) electrons. The first kappa shape index (κ1) is 15.0. The summed E-state index contributed by atoms with van der Waals surface area (Å²) in [7, 11) is 1.63. The molecule has 2 rings (SSSR count). The highest BCUT2D eigenvalue weighted by molar-refractivity contribution is 5.79. The van der Waals surface area contributed by atoms with Gasteiger partial charge in [-0.25, -0.2) is 0 Å². The number of Topliss-reactive ketones (excluding diaryl/α,β-unsaturated/α-hetero) is 1. The third-order valence-electron chi connectivity index (χ3n) is 3.69. The Balaban J connectivity index is 1.76. The van der Waals surface area contributed by atoms with Crippen molar-refractivity contribution in [1.29, 1.82) is 0 Å². The van der Waals surface area contributed by atoms with Gasteiger partial charge in [0, 0.05) is 19.4 Å². The standard InChI is InChI=1S/C16H22O4/c1-19-14-8-5-12(6-9-14)4-7-13(17)11-16-15(18)3-2-10-20-16/h5-6,8-9,15-16,18H,2-4,7,10-11H2,1H3/t15-,16-/m1/s1. The van der Waals surface area contributed by atoms with E-state index in [0.29, 0.717) is 25.9 Å². The maximum absolute atomic E-state index is 11.9. The minimum atomic E-state index is -0.492. The number of carbonyl (C=O) groups is 1. The van der Waals surface area contributed by atoms with Gasteiger partial charge < -0.3 is 14.6 Å². The first-order chi connectivity index (χ1) is 9.69. The van der Waals surface area contributed by atoms with Crippen LogP contribution in [0.25, 0.3) is 0 Å². The van der Waals surface area contributed by atoms with Crippen LogP contribution in [-0.2, 0) is 16.0 Å². The average Bonchev–Trinajstić information content (AvgIpc) is 2.48. The normalized spacial score (nSPS) is 22.5. The molecule has 1 aromatic rings. The first-order valence-electron chi connectivity index (χ1n) is 7.13. The molecule has 0 spiro atoms. The number of rotatable bonds is 6. The molecule has 1 N–H and O–H groups in total. The second-order valence-electron chi connectivity index (χ2n) is 5.21. The molecule has 0 bridgehead atoms. The zero-order chi connectivity index (χ0) is 14.4. The summed E-state index contributed by atoms with van der Waals surface area (Å²) in [6, 6.07) is 7.73. The molecule has 0 aromatic heterocycles. The molecule has 4 nitrogen and oxygen atoms in total. The number of aryl methyl sites for hydroxylation is 1. The lowest BCUT2D eigenvalue weighted by atomic mass is 9.98. The lowest BCUT2D eigenvalue weighted by molar-refractivity contribution is -0.128. The molecule has 0 aliphatic carbocycles. The van der Waals surface area contributed by atoms with Crippen molar-refractivity contribution in [2.24, 2.45) is 0 Å². The van der Waals surface area contributed by atoms with Gasteiger partial charge in [-0.3, -0.25) is 4.79 Å². The largest absolute Gasteiger partial charge is 0.497 e. The highest BCUT2D eigenvalue weighted by Crippen LogP contribution is 2.18. The van der Waals surface area contributed by atoms with Crippen LogP contribution in [0.5, 0.6) is 5.75 Å². The molecule has 110 valence electrons. The summed E-state index contributed by atoms with van der Waals surface area (Å²) < 4.78 is 10.6. The van der Waals surface area contributed by atoms with E-state index in [-0.39, 0.29) is 11.9 Å². The molecule has 0 unspecified atom stereocenters. The van der Waals surface area contributed by atoms with Gasteiger partial charge in [-0.1, -0.05) is 12.1 Å². The van der Waals surface area contributed by atoms with Gasteiger partial charge in [-0.05, 0) is 37.0 Å². The molecular formula is C16H22O4. The van der Waals surface area contributed by atoms with Crippen LogP contribution in [0.2, 0.25) is 0 Å². The molecule has 2 atom stereocenters. The fourth-order valence-corrected chi connectivity index (χ4v) is 2.42. The number of ether oxygens (including phenoxy) is 2. The summed E-state index contributed by atoms with van der Waals surface area (Å²) in [5, 5.41) is 9.77. The fourth-order valence-electron chi connectivity index (χ4n) is 2.42. The molecule has 1 aliphatic rings. The maximum Gasteiger partial charge on any atom is 0.135 e. The molecule has 0 amide bonds. The zero-order valence-corrected chi connectivity index (χ0v) is 11.9. The minimum absolute atomic E-state index is 0.145. The number of carbonyl (C=O) groups excluding carboxylic acids is 1. The van der Waals surface area contributed by atoms with Crippen LogP contribution in [0.1, 0.15) is 31.2 Å². The zero-order valence-electron chi connectivity index (χ0n) is 11.9. The third-order valence-corrected chi connectivity index (χ3v) is 3.69. The molecule has 1 aromatic carbocycles. The van der Waals surface area contributed by atoms with Gasteiger partial charge in [0.05, 0.1) is 19.3 Å². The number of aliphatic hydroxyl groups is 1. The van der Waals surface area contributed by atoms with Crippen molar-refractivity contribution in [2.75, 3.05) is 13.7 Å². The molecule has 1 aliphatic heterocycles.